The van der Waals surface area contributed by atoms with E-state index in [0.717, 1.165) is 48.0 Å². The van der Waals surface area contributed by atoms with Crippen LogP contribution in [0.3, 0.4) is 0 Å². The Bertz CT molecular complexity index is 1270. The van der Waals surface area contributed by atoms with Crippen LogP contribution >= 0.6 is 0 Å². The van der Waals surface area contributed by atoms with Gasteiger partial charge in [0.25, 0.3) is 5.89 Å². The molecule has 32 heavy (non-hydrogen) atoms. The average molecular weight is 428 g/mol. The molecule has 4 aromatic rings. The van der Waals surface area contributed by atoms with E-state index < -0.39 is 0 Å². The van der Waals surface area contributed by atoms with Crippen LogP contribution in [0.25, 0.3) is 34.1 Å². The molecule has 8 heteroatoms. The van der Waals surface area contributed by atoms with E-state index in [9.17, 15) is 4.79 Å². The van der Waals surface area contributed by atoms with Gasteiger partial charge in [-0.3, -0.25) is 4.79 Å². The SMILES string of the molecule is Cc1cccc(-c2nnc(-c3nc(NCCCN4CCCC4=O)c4ccccc4n3)o2)c1. The van der Waals surface area contributed by atoms with Crippen LogP contribution in [-0.2, 0) is 4.79 Å². The molecule has 162 valence electrons. The number of likely N-dealkylation sites (tertiary alicyclic amines) is 1. The van der Waals surface area contributed by atoms with Gasteiger partial charge in [0, 0.05) is 37.0 Å². The Hall–Kier alpha value is -3.81. The van der Waals surface area contributed by atoms with Crippen LogP contribution in [0, 0.1) is 6.92 Å². The summed E-state index contributed by atoms with van der Waals surface area (Å²) in [5.74, 6) is 2.06. The van der Waals surface area contributed by atoms with Crippen molar-refractivity contribution in [1.82, 2.24) is 25.1 Å². The number of nitrogens with zero attached hydrogens (tertiary/aromatic N) is 5. The first kappa shape index (κ1) is 20.1. The van der Waals surface area contributed by atoms with Crippen LogP contribution in [0.5, 0.6) is 0 Å². The van der Waals surface area contributed by atoms with Gasteiger partial charge < -0.3 is 14.6 Å². The fourth-order valence-corrected chi connectivity index (χ4v) is 3.93. The molecule has 0 saturated carbocycles. The molecule has 0 unspecified atom stereocenters. The topological polar surface area (TPSA) is 97.0 Å². The number of hydrogen-bond donors (Lipinski definition) is 1. The zero-order valence-corrected chi connectivity index (χ0v) is 17.9. The molecule has 1 aliphatic rings. The molecular weight excluding hydrogens is 404 g/mol. The van der Waals surface area contributed by atoms with Crippen LogP contribution in [-0.4, -0.2) is 50.6 Å². The Morgan fingerprint density at radius 1 is 1.06 bits per heavy atom. The third kappa shape index (κ3) is 4.16. The summed E-state index contributed by atoms with van der Waals surface area (Å²) in [7, 11) is 0. The number of carbonyl (C=O) groups excluding carboxylic acids is 1. The first-order valence-electron chi connectivity index (χ1n) is 10.9. The number of fused-ring (bicyclic) bond motifs is 1. The first-order chi connectivity index (χ1) is 15.7. The third-order valence-corrected chi connectivity index (χ3v) is 5.55. The molecule has 2 aromatic carbocycles. The van der Waals surface area contributed by atoms with Gasteiger partial charge in [-0.1, -0.05) is 29.8 Å². The van der Waals surface area contributed by atoms with Crippen LogP contribution in [0.1, 0.15) is 24.8 Å². The minimum Gasteiger partial charge on any atom is -0.413 e. The molecule has 0 bridgehead atoms. The van der Waals surface area contributed by atoms with Crippen molar-refractivity contribution in [2.75, 3.05) is 25.0 Å². The number of hydrogen-bond acceptors (Lipinski definition) is 7. The maximum absolute atomic E-state index is 11.8. The Morgan fingerprint density at radius 3 is 2.78 bits per heavy atom. The van der Waals surface area contributed by atoms with E-state index >= 15 is 0 Å². The van der Waals surface area contributed by atoms with Gasteiger partial charge in [-0.2, -0.15) is 0 Å². The summed E-state index contributed by atoms with van der Waals surface area (Å²) in [4.78, 5) is 23.0. The molecule has 0 radical (unpaired) electrons. The first-order valence-corrected chi connectivity index (χ1v) is 10.9. The second-order valence-electron chi connectivity index (χ2n) is 7.96. The molecular formula is C24H24N6O2. The molecule has 1 fully saturated rings. The fourth-order valence-electron chi connectivity index (χ4n) is 3.93. The summed E-state index contributed by atoms with van der Waals surface area (Å²) in [6.07, 6.45) is 2.47. The van der Waals surface area contributed by atoms with E-state index in [1.807, 2.05) is 60.4 Å². The number of benzene rings is 2. The van der Waals surface area contributed by atoms with Gasteiger partial charge in [0.1, 0.15) is 5.82 Å². The Kier molecular flexibility index (Phi) is 5.49. The predicted octanol–water partition coefficient (Wildman–Crippen LogP) is 4.08. The van der Waals surface area contributed by atoms with Gasteiger partial charge in [-0.25, -0.2) is 9.97 Å². The summed E-state index contributed by atoms with van der Waals surface area (Å²) in [5, 5.41) is 12.7. The number of amides is 1. The summed E-state index contributed by atoms with van der Waals surface area (Å²) in [5.41, 5.74) is 2.77. The minimum atomic E-state index is 0.251. The van der Waals surface area contributed by atoms with Gasteiger partial charge in [0.15, 0.2) is 0 Å². The van der Waals surface area contributed by atoms with Crippen molar-refractivity contribution in [2.45, 2.75) is 26.2 Å². The standard InChI is InChI=1S/C24H24N6O2/c1-16-7-4-8-17(15-16)23-28-29-24(32-23)22-26-19-10-3-2-9-18(19)21(27-22)25-12-6-14-30-13-5-11-20(30)31/h2-4,7-10,15H,5-6,11-14H2,1H3,(H,25,26,27). The Labute approximate surface area is 185 Å². The monoisotopic (exact) mass is 428 g/mol. The van der Waals surface area contributed by atoms with E-state index in [2.05, 4.69) is 25.5 Å². The fraction of sp³-hybridized carbons (Fsp3) is 0.292. The Morgan fingerprint density at radius 2 is 1.94 bits per heavy atom. The number of aryl methyl sites for hydroxylation is 1. The number of para-hydroxylation sites is 1. The number of carbonyl (C=O) groups is 1. The molecule has 2 aromatic heterocycles. The molecule has 0 atom stereocenters. The maximum atomic E-state index is 11.8. The van der Waals surface area contributed by atoms with Gasteiger partial charge in [0.2, 0.25) is 17.6 Å². The van der Waals surface area contributed by atoms with Crippen molar-refractivity contribution in [3.63, 3.8) is 0 Å². The highest BCUT2D eigenvalue weighted by Gasteiger charge is 2.19. The maximum Gasteiger partial charge on any atom is 0.286 e. The lowest BCUT2D eigenvalue weighted by Gasteiger charge is -2.16. The molecule has 5 rings (SSSR count). The van der Waals surface area contributed by atoms with E-state index in [1.165, 1.54) is 0 Å². The van der Waals surface area contributed by atoms with Crippen LogP contribution in [0.4, 0.5) is 5.82 Å². The predicted molar refractivity (Wildman–Crippen MR) is 122 cm³/mol. The summed E-state index contributed by atoms with van der Waals surface area (Å²) >= 11 is 0. The van der Waals surface area contributed by atoms with Crippen molar-refractivity contribution >= 4 is 22.6 Å². The van der Waals surface area contributed by atoms with Crippen LogP contribution in [0.2, 0.25) is 0 Å². The van der Waals surface area contributed by atoms with E-state index in [0.29, 0.717) is 30.5 Å². The van der Waals surface area contributed by atoms with E-state index in [-0.39, 0.29) is 11.8 Å². The van der Waals surface area contributed by atoms with E-state index in [4.69, 9.17) is 4.42 Å². The van der Waals surface area contributed by atoms with Gasteiger partial charge in [-0.05, 0) is 44.0 Å². The zero-order valence-electron chi connectivity index (χ0n) is 17.9. The van der Waals surface area contributed by atoms with Gasteiger partial charge >= 0.3 is 0 Å². The van der Waals surface area contributed by atoms with Crippen LogP contribution in [0.15, 0.2) is 52.9 Å². The molecule has 1 aliphatic heterocycles. The second-order valence-corrected chi connectivity index (χ2v) is 7.96. The highest BCUT2D eigenvalue weighted by molar-refractivity contribution is 5.90. The summed E-state index contributed by atoms with van der Waals surface area (Å²) in [6.45, 7) is 4.33. The van der Waals surface area contributed by atoms with E-state index in [1.54, 1.807) is 0 Å². The highest BCUT2D eigenvalue weighted by atomic mass is 16.4. The molecule has 0 spiro atoms. The highest BCUT2D eigenvalue weighted by Crippen LogP contribution is 2.27. The molecule has 3 heterocycles. The van der Waals surface area contributed by atoms with Crippen LogP contribution < -0.4 is 5.32 Å². The smallest absolute Gasteiger partial charge is 0.286 e. The molecule has 1 amide bonds. The largest absolute Gasteiger partial charge is 0.413 e. The van der Waals surface area contributed by atoms with Crippen molar-refractivity contribution in [1.29, 1.82) is 0 Å². The molecule has 8 nitrogen and oxygen atoms in total. The van der Waals surface area contributed by atoms with Crippen molar-refractivity contribution < 1.29 is 9.21 Å². The normalized spacial score (nSPS) is 13.8. The number of nitrogens with one attached hydrogen (secondary N) is 1. The molecule has 1 saturated heterocycles. The summed E-state index contributed by atoms with van der Waals surface area (Å²) in [6, 6.07) is 15.7. The van der Waals surface area contributed by atoms with Crippen molar-refractivity contribution in [3.05, 3.63) is 54.1 Å². The quantitative estimate of drug-likeness (QED) is 0.443. The minimum absolute atomic E-state index is 0.251. The zero-order chi connectivity index (χ0) is 21.9. The number of anilines is 1. The van der Waals surface area contributed by atoms with Gasteiger partial charge in [0.05, 0.1) is 5.52 Å². The lowest BCUT2D eigenvalue weighted by atomic mass is 10.1. The third-order valence-electron chi connectivity index (χ3n) is 5.55. The lowest BCUT2D eigenvalue weighted by Crippen LogP contribution is -2.27. The number of rotatable bonds is 7. The second kappa shape index (κ2) is 8.74. The number of aromatic nitrogens is 4. The lowest BCUT2D eigenvalue weighted by molar-refractivity contribution is -0.127. The molecule has 0 aliphatic carbocycles. The Balaban J connectivity index is 1.38. The average Bonchev–Trinajstić information content (AvgIpc) is 3.46. The van der Waals surface area contributed by atoms with Crippen molar-refractivity contribution in [2.24, 2.45) is 0 Å². The molecule has 1 N–H and O–H groups in total. The summed E-state index contributed by atoms with van der Waals surface area (Å²) < 4.78 is 5.90. The van der Waals surface area contributed by atoms with Gasteiger partial charge in [-0.15, -0.1) is 10.2 Å². The van der Waals surface area contributed by atoms with Crippen molar-refractivity contribution in [3.8, 4) is 23.2 Å².